The quantitative estimate of drug-likeness (QED) is 0.888. The van der Waals surface area contributed by atoms with Crippen LogP contribution in [0.15, 0.2) is 12.1 Å². The van der Waals surface area contributed by atoms with Crippen molar-refractivity contribution >= 4 is 0 Å². The average molecular weight is 275 g/mol. The van der Waals surface area contributed by atoms with Gasteiger partial charge in [-0.05, 0) is 62.9 Å². The van der Waals surface area contributed by atoms with Gasteiger partial charge in [0.15, 0.2) is 0 Å². The van der Waals surface area contributed by atoms with E-state index in [-0.39, 0.29) is 11.6 Å². The van der Waals surface area contributed by atoms with Gasteiger partial charge in [0.2, 0.25) is 0 Å². The lowest BCUT2D eigenvalue weighted by molar-refractivity contribution is -0.0672. The van der Waals surface area contributed by atoms with Crippen LogP contribution in [-0.4, -0.2) is 19.8 Å². The van der Waals surface area contributed by atoms with E-state index in [1.807, 2.05) is 7.11 Å². The Hall–Kier alpha value is -0.860. The summed E-state index contributed by atoms with van der Waals surface area (Å²) < 4.78 is 6.05. The molecule has 0 heterocycles. The molecule has 1 saturated carbocycles. The Morgan fingerprint density at radius 1 is 1.00 bits per heavy atom. The van der Waals surface area contributed by atoms with Crippen molar-refractivity contribution in [2.24, 2.45) is 0 Å². The maximum atomic E-state index is 6.05. The number of ether oxygens (including phenoxy) is 1. The van der Waals surface area contributed by atoms with Gasteiger partial charge >= 0.3 is 0 Å². The summed E-state index contributed by atoms with van der Waals surface area (Å²) >= 11 is 0. The van der Waals surface area contributed by atoms with E-state index < -0.39 is 0 Å². The van der Waals surface area contributed by atoms with Crippen molar-refractivity contribution < 1.29 is 4.74 Å². The zero-order valence-electron chi connectivity index (χ0n) is 13.7. The maximum Gasteiger partial charge on any atom is 0.0872 e. The van der Waals surface area contributed by atoms with E-state index in [0.717, 1.165) is 12.8 Å². The minimum Gasteiger partial charge on any atom is -0.376 e. The lowest BCUT2D eigenvalue weighted by Gasteiger charge is -2.43. The predicted octanol–water partition coefficient (Wildman–Crippen LogP) is 4.22. The van der Waals surface area contributed by atoms with Crippen molar-refractivity contribution in [2.75, 3.05) is 14.2 Å². The standard InChI is InChI=1S/C18H29NO/c1-13-11-15(3)16(12-14(13)2)17(19-4)18(20-5)9-7-6-8-10-18/h11-12,17,19H,6-10H2,1-5H3. The summed E-state index contributed by atoms with van der Waals surface area (Å²) in [6.45, 7) is 6.61. The van der Waals surface area contributed by atoms with Gasteiger partial charge < -0.3 is 10.1 Å². The smallest absolute Gasteiger partial charge is 0.0872 e. The van der Waals surface area contributed by atoms with Gasteiger partial charge in [-0.2, -0.15) is 0 Å². The second-order valence-electron chi connectivity index (χ2n) is 6.34. The number of hydrogen-bond donors (Lipinski definition) is 1. The van der Waals surface area contributed by atoms with Crippen LogP contribution in [0.2, 0.25) is 0 Å². The Kier molecular flexibility index (Phi) is 4.87. The van der Waals surface area contributed by atoms with E-state index in [9.17, 15) is 0 Å². The van der Waals surface area contributed by atoms with Crippen molar-refractivity contribution in [1.82, 2.24) is 5.32 Å². The lowest BCUT2D eigenvalue weighted by atomic mass is 9.75. The van der Waals surface area contributed by atoms with Gasteiger partial charge in [-0.3, -0.25) is 0 Å². The van der Waals surface area contributed by atoms with Gasteiger partial charge in [0, 0.05) is 7.11 Å². The number of likely N-dealkylation sites (N-methyl/N-ethyl adjacent to an activating group) is 1. The van der Waals surface area contributed by atoms with Crippen molar-refractivity contribution in [3.8, 4) is 0 Å². The van der Waals surface area contributed by atoms with E-state index in [4.69, 9.17) is 4.74 Å². The maximum absolute atomic E-state index is 6.05. The number of aryl methyl sites for hydroxylation is 3. The molecule has 0 aliphatic heterocycles. The van der Waals surface area contributed by atoms with Crippen molar-refractivity contribution in [1.29, 1.82) is 0 Å². The first-order valence-corrected chi connectivity index (χ1v) is 7.84. The monoisotopic (exact) mass is 275 g/mol. The average Bonchev–Trinajstić information content (AvgIpc) is 2.46. The molecular formula is C18H29NO. The number of hydrogen-bond acceptors (Lipinski definition) is 2. The zero-order chi connectivity index (χ0) is 14.8. The third-order valence-corrected chi connectivity index (χ3v) is 5.11. The van der Waals surface area contributed by atoms with Gasteiger partial charge in [0.1, 0.15) is 0 Å². The number of methoxy groups -OCH3 is 1. The molecule has 1 aliphatic rings. The van der Waals surface area contributed by atoms with Gasteiger partial charge in [-0.1, -0.05) is 31.4 Å². The Morgan fingerprint density at radius 3 is 2.15 bits per heavy atom. The summed E-state index contributed by atoms with van der Waals surface area (Å²) in [5.41, 5.74) is 5.47. The van der Waals surface area contributed by atoms with Crippen LogP contribution < -0.4 is 5.32 Å². The molecule has 0 spiro atoms. The SMILES string of the molecule is CNC(c1cc(C)c(C)cc1C)C1(OC)CCCCC1. The molecule has 20 heavy (non-hydrogen) atoms. The Bertz CT molecular complexity index is 461. The van der Waals surface area contributed by atoms with Crippen LogP contribution in [0.3, 0.4) is 0 Å². The van der Waals surface area contributed by atoms with Gasteiger partial charge in [0.05, 0.1) is 11.6 Å². The molecule has 1 aromatic carbocycles. The highest BCUT2D eigenvalue weighted by Gasteiger charge is 2.40. The van der Waals surface area contributed by atoms with Crippen LogP contribution in [0.25, 0.3) is 0 Å². The highest BCUT2D eigenvalue weighted by atomic mass is 16.5. The topological polar surface area (TPSA) is 21.3 Å². The van der Waals surface area contributed by atoms with Gasteiger partial charge in [-0.25, -0.2) is 0 Å². The van der Waals surface area contributed by atoms with Gasteiger partial charge in [0.25, 0.3) is 0 Å². The Labute approximate surface area is 123 Å². The first-order valence-electron chi connectivity index (χ1n) is 7.84. The van der Waals surface area contributed by atoms with E-state index in [1.165, 1.54) is 41.5 Å². The van der Waals surface area contributed by atoms with Crippen LogP contribution in [0.4, 0.5) is 0 Å². The van der Waals surface area contributed by atoms with Crippen LogP contribution >= 0.6 is 0 Å². The van der Waals surface area contributed by atoms with E-state index in [1.54, 1.807) is 0 Å². The van der Waals surface area contributed by atoms with Crippen LogP contribution in [0.5, 0.6) is 0 Å². The Balaban J connectivity index is 2.43. The molecule has 1 atom stereocenters. The molecule has 1 aliphatic carbocycles. The summed E-state index contributed by atoms with van der Waals surface area (Å²) in [6.07, 6.45) is 6.20. The summed E-state index contributed by atoms with van der Waals surface area (Å²) in [4.78, 5) is 0. The third-order valence-electron chi connectivity index (χ3n) is 5.11. The second-order valence-corrected chi connectivity index (χ2v) is 6.34. The fourth-order valence-electron chi connectivity index (χ4n) is 3.76. The van der Waals surface area contributed by atoms with Crippen LogP contribution in [0, 0.1) is 20.8 Å². The molecule has 0 aromatic heterocycles. The van der Waals surface area contributed by atoms with Gasteiger partial charge in [-0.15, -0.1) is 0 Å². The molecule has 2 heteroatoms. The molecule has 0 bridgehead atoms. The van der Waals surface area contributed by atoms with E-state index >= 15 is 0 Å². The lowest BCUT2D eigenvalue weighted by Crippen LogP contribution is -2.46. The largest absolute Gasteiger partial charge is 0.376 e. The third kappa shape index (κ3) is 2.77. The molecule has 0 amide bonds. The molecule has 1 N–H and O–H groups in total. The predicted molar refractivity (Wildman–Crippen MR) is 85.3 cm³/mol. The highest BCUT2D eigenvalue weighted by Crippen LogP contribution is 2.42. The van der Waals surface area contributed by atoms with E-state index in [0.29, 0.717) is 0 Å². The Morgan fingerprint density at radius 2 is 1.60 bits per heavy atom. The number of benzene rings is 1. The van der Waals surface area contributed by atoms with Crippen LogP contribution in [-0.2, 0) is 4.74 Å². The van der Waals surface area contributed by atoms with Crippen molar-refractivity contribution in [2.45, 2.75) is 64.5 Å². The normalized spacial score (nSPS) is 19.9. The summed E-state index contributed by atoms with van der Waals surface area (Å²) in [5, 5.41) is 3.54. The molecular weight excluding hydrogens is 246 g/mol. The van der Waals surface area contributed by atoms with Crippen molar-refractivity contribution in [3.05, 3.63) is 34.4 Å². The molecule has 112 valence electrons. The molecule has 0 radical (unpaired) electrons. The second kappa shape index (κ2) is 6.28. The fraction of sp³-hybridized carbons (Fsp3) is 0.667. The first kappa shape index (κ1) is 15.5. The zero-order valence-corrected chi connectivity index (χ0v) is 13.7. The number of nitrogens with one attached hydrogen (secondary N) is 1. The summed E-state index contributed by atoms with van der Waals surface area (Å²) in [7, 11) is 3.95. The first-order chi connectivity index (χ1) is 9.54. The molecule has 1 aromatic rings. The highest BCUT2D eigenvalue weighted by molar-refractivity contribution is 5.39. The molecule has 0 saturated heterocycles. The summed E-state index contributed by atoms with van der Waals surface area (Å²) in [6, 6.07) is 4.94. The molecule has 2 rings (SSSR count). The molecule has 2 nitrogen and oxygen atoms in total. The summed E-state index contributed by atoms with van der Waals surface area (Å²) in [5.74, 6) is 0. The molecule has 1 unspecified atom stereocenters. The fourth-order valence-corrected chi connectivity index (χ4v) is 3.76. The minimum absolute atomic E-state index is 0.0422. The van der Waals surface area contributed by atoms with E-state index in [2.05, 4.69) is 45.3 Å². The van der Waals surface area contributed by atoms with Crippen molar-refractivity contribution in [3.63, 3.8) is 0 Å². The minimum atomic E-state index is -0.0422. The van der Waals surface area contributed by atoms with Crippen LogP contribution in [0.1, 0.15) is 60.4 Å². The molecule has 1 fully saturated rings. The number of rotatable bonds is 4.